The Labute approximate surface area is 195 Å². The molecule has 1 atom stereocenters. The highest BCUT2D eigenvalue weighted by molar-refractivity contribution is 5.88. The average Bonchev–Trinajstić information content (AvgIpc) is 2.84. The normalized spacial score (nSPS) is 11.7. The number of unbranched alkanes of at least 4 members (excludes halogenated alkanes) is 3. The Morgan fingerprint density at radius 1 is 0.939 bits per heavy atom. The van der Waals surface area contributed by atoms with Crippen molar-refractivity contribution in [2.24, 2.45) is 0 Å². The summed E-state index contributed by atoms with van der Waals surface area (Å²) in [5, 5.41) is 9.75. The van der Waals surface area contributed by atoms with Crippen molar-refractivity contribution in [3.05, 3.63) is 78.4 Å². The average molecular weight is 453 g/mol. The first kappa shape index (κ1) is 25.9. The molecule has 0 heterocycles. The first-order chi connectivity index (χ1) is 16.0. The second-order valence-corrected chi connectivity index (χ2v) is 7.58. The third-order valence-corrected chi connectivity index (χ3v) is 4.78. The van der Waals surface area contributed by atoms with E-state index in [2.05, 4.69) is 13.5 Å². The molecule has 0 aromatic heterocycles. The van der Waals surface area contributed by atoms with Crippen molar-refractivity contribution in [2.75, 3.05) is 13.2 Å². The lowest BCUT2D eigenvalue weighted by molar-refractivity contribution is -0.141. The molecule has 6 heteroatoms. The molecule has 0 bridgehead atoms. The molecule has 33 heavy (non-hydrogen) atoms. The lowest BCUT2D eigenvalue weighted by Crippen LogP contribution is -2.24. The van der Waals surface area contributed by atoms with Crippen LogP contribution >= 0.6 is 0 Å². The number of benzene rings is 2. The van der Waals surface area contributed by atoms with E-state index in [9.17, 15) is 14.7 Å². The van der Waals surface area contributed by atoms with Crippen LogP contribution in [0.15, 0.2) is 67.3 Å². The number of aliphatic hydroxyl groups excluding tert-OH is 1. The van der Waals surface area contributed by atoms with Crippen LogP contribution in [0.1, 0.15) is 43.7 Å². The monoisotopic (exact) mass is 452 g/mol. The van der Waals surface area contributed by atoms with E-state index in [0.29, 0.717) is 11.5 Å². The summed E-state index contributed by atoms with van der Waals surface area (Å²) in [5.41, 5.74) is 2.04. The van der Waals surface area contributed by atoms with Gasteiger partial charge in [0, 0.05) is 12.2 Å². The van der Waals surface area contributed by atoms with Crippen molar-refractivity contribution in [3.63, 3.8) is 0 Å². The van der Waals surface area contributed by atoms with Crippen LogP contribution in [0.4, 0.5) is 0 Å². The van der Waals surface area contributed by atoms with Crippen LogP contribution in [0.25, 0.3) is 6.08 Å². The van der Waals surface area contributed by atoms with Crippen LogP contribution in [-0.4, -0.2) is 36.4 Å². The number of esters is 2. The van der Waals surface area contributed by atoms with Gasteiger partial charge in [-0.25, -0.2) is 9.59 Å². The summed E-state index contributed by atoms with van der Waals surface area (Å²) in [6, 6.07) is 14.6. The Morgan fingerprint density at radius 3 is 2.30 bits per heavy atom. The number of hydrogen-bond donors (Lipinski definition) is 1. The molecular weight excluding hydrogens is 420 g/mol. The zero-order chi connectivity index (χ0) is 23.9. The highest BCUT2D eigenvalue weighted by Crippen LogP contribution is 2.16. The predicted octanol–water partition coefficient (Wildman–Crippen LogP) is 4.90. The zero-order valence-corrected chi connectivity index (χ0v) is 19.1. The molecule has 176 valence electrons. The van der Waals surface area contributed by atoms with Gasteiger partial charge in [-0.05, 0) is 54.3 Å². The molecule has 0 saturated carbocycles. The van der Waals surface area contributed by atoms with Crippen LogP contribution in [0.3, 0.4) is 0 Å². The largest absolute Gasteiger partial charge is 0.491 e. The van der Waals surface area contributed by atoms with Crippen LogP contribution in [0.2, 0.25) is 0 Å². The Bertz CT molecular complexity index is 899. The fourth-order valence-electron chi connectivity index (χ4n) is 2.95. The number of rotatable bonds is 14. The Kier molecular flexibility index (Phi) is 11.5. The molecule has 6 nitrogen and oxygen atoms in total. The molecule has 0 radical (unpaired) electrons. The van der Waals surface area contributed by atoms with Crippen molar-refractivity contribution in [2.45, 2.75) is 45.1 Å². The molecular formula is C27H32O6. The third kappa shape index (κ3) is 10.7. The Hall–Kier alpha value is -3.38. The number of ether oxygens (including phenoxy) is 3. The van der Waals surface area contributed by atoms with E-state index in [1.165, 1.54) is 37.3 Å². The van der Waals surface area contributed by atoms with Gasteiger partial charge in [0.25, 0.3) is 0 Å². The molecule has 0 aliphatic carbocycles. The van der Waals surface area contributed by atoms with Gasteiger partial charge in [0.1, 0.15) is 30.8 Å². The van der Waals surface area contributed by atoms with Gasteiger partial charge in [-0.2, -0.15) is 0 Å². The van der Waals surface area contributed by atoms with E-state index in [4.69, 9.17) is 14.2 Å². The summed E-state index contributed by atoms with van der Waals surface area (Å²) in [4.78, 5) is 23.1. The highest BCUT2D eigenvalue weighted by atomic mass is 16.5. The van der Waals surface area contributed by atoms with E-state index in [-0.39, 0.29) is 13.2 Å². The van der Waals surface area contributed by atoms with E-state index in [1.54, 1.807) is 30.3 Å². The molecule has 2 aromatic carbocycles. The number of carbonyl (C=O) groups excluding carboxylic acids is 2. The fraction of sp³-hybridized carbons (Fsp3) is 0.333. The zero-order valence-electron chi connectivity index (χ0n) is 19.1. The maximum Gasteiger partial charge on any atom is 0.336 e. The standard InChI is InChI=1S/C27H32O6/c1-3-5-6-7-8-21-11-16-25(17-12-21)33-27(30)18-13-22-9-14-24(15-10-22)31-19-23(28)20-32-26(29)4-2/h4,9-18,23,28H,2-3,5-8,19-20H2,1H3. The third-order valence-electron chi connectivity index (χ3n) is 4.78. The molecule has 0 amide bonds. The second kappa shape index (κ2) is 14.6. The minimum atomic E-state index is -0.946. The van der Waals surface area contributed by atoms with Crippen molar-refractivity contribution in [1.82, 2.24) is 0 Å². The molecule has 0 spiro atoms. The van der Waals surface area contributed by atoms with Crippen LogP contribution in [0, 0.1) is 0 Å². The summed E-state index contributed by atoms with van der Waals surface area (Å²) in [5.74, 6) is 0.00314. The van der Waals surface area contributed by atoms with Crippen molar-refractivity contribution in [3.8, 4) is 11.5 Å². The quantitative estimate of drug-likeness (QED) is 0.190. The molecule has 0 saturated heterocycles. The number of aliphatic hydroxyl groups is 1. The van der Waals surface area contributed by atoms with Gasteiger partial charge in [0.2, 0.25) is 0 Å². The molecule has 2 rings (SSSR count). The van der Waals surface area contributed by atoms with Gasteiger partial charge in [0.15, 0.2) is 0 Å². The van der Waals surface area contributed by atoms with Crippen molar-refractivity contribution >= 4 is 18.0 Å². The van der Waals surface area contributed by atoms with E-state index < -0.39 is 18.0 Å². The lowest BCUT2D eigenvalue weighted by Gasteiger charge is -2.12. The van der Waals surface area contributed by atoms with Crippen LogP contribution in [-0.2, 0) is 20.7 Å². The second-order valence-electron chi connectivity index (χ2n) is 7.58. The molecule has 2 aromatic rings. The molecule has 1 N–H and O–H groups in total. The number of hydrogen-bond acceptors (Lipinski definition) is 6. The van der Waals surface area contributed by atoms with Crippen LogP contribution < -0.4 is 9.47 Å². The van der Waals surface area contributed by atoms with E-state index in [0.717, 1.165) is 18.1 Å². The Balaban J connectivity index is 1.74. The lowest BCUT2D eigenvalue weighted by atomic mass is 10.1. The van der Waals surface area contributed by atoms with Gasteiger partial charge in [0.05, 0.1) is 0 Å². The minimum absolute atomic E-state index is 0.0243. The van der Waals surface area contributed by atoms with Gasteiger partial charge in [-0.1, -0.05) is 57.0 Å². The van der Waals surface area contributed by atoms with Crippen molar-refractivity contribution in [1.29, 1.82) is 0 Å². The Morgan fingerprint density at radius 2 is 1.64 bits per heavy atom. The first-order valence-corrected chi connectivity index (χ1v) is 11.2. The van der Waals surface area contributed by atoms with Gasteiger partial charge < -0.3 is 19.3 Å². The predicted molar refractivity (Wildman–Crippen MR) is 128 cm³/mol. The maximum absolute atomic E-state index is 12.1. The summed E-state index contributed by atoms with van der Waals surface area (Å²) in [7, 11) is 0. The number of aryl methyl sites for hydroxylation is 1. The smallest absolute Gasteiger partial charge is 0.336 e. The van der Waals surface area contributed by atoms with E-state index >= 15 is 0 Å². The van der Waals surface area contributed by atoms with Gasteiger partial charge in [-0.3, -0.25) is 0 Å². The molecule has 0 fully saturated rings. The first-order valence-electron chi connectivity index (χ1n) is 11.2. The maximum atomic E-state index is 12.1. The summed E-state index contributed by atoms with van der Waals surface area (Å²) >= 11 is 0. The minimum Gasteiger partial charge on any atom is -0.491 e. The number of carbonyl (C=O) groups is 2. The van der Waals surface area contributed by atoms with Gasteiger partial charge in [-0.15, -0.1) is 0 Å². The molecule has 1 unspecified atom stereocenters. The van der Waals surface area contributed by atoms with Crippen molar-refractivity contribution < 1.29 is 28.9 Å². The van der Waals surface area contributed by atoms with Gasteiger partial charge >= 0.3 is 11.9 Å². The molecule has 0 aliphatic heterocycles. The summed E-state index contributed by atoms with van der Waals surface area (Å²) < 4.78 is 15.6. The molecule has 0 aliphatic rings. The highest BCUT2D eigenvalue weighted by Gasteiger charge is 2.08. The SMILES string of the molecule is C=CC(=O)OCC(O)COc1ccc(C=CC(=O)Oc2ccc(CCCCCC)cc2)cc1. The summed E-state index contributed by atoms with van der Waals surface area (Å²) in [6.07, 6.45) is 9.03. The van der Waals surface area contributed by atoms with Crippen LogP contribution in [0.5, 0.6) is 11.5 Å². The summed E-state index contributed by atoms with van der Waals surface area (Å²) in [6.45, 7) is 5.28. The fourth-order valence-corrected chi connectivity index (χ4v) is 2.95. The topological polar surface area (TPSA) is 82.1 Å². The van der Waals surface area contributed by atoms with E-state index in [1.807, 2.05) is 24.3 Å².